The number of rotatable bonds is 3. The quantitative estimate of drug-likeness (QED) is 0.854. The molecule has 1 heterocycles. The second-order valence-corrected chi connectivity index (χ2v) is 4.16. The van der Waals surface area contributed by atoms with Gasteiger partial charge in [0.2, 0.25) is 11.8 Å². The summed E-state index contributed by atoms with van der Waals surface area (Å²) in [6.07, 6.45) is 0.844. The minimum atomic E-state index is -0.0600. The molecular formula is C13H16N2O2. The van der Waals surface area contributed by atoms with Crippen molar-refractivity contribution in [2.24, 2.45) is 0 Å². The summed E-state index contributed by atoms with van der Waals surface area (Å²) in [6.45, 7) is 2.37. The molecule has 1 aliphatic rings. The zero-order valence-corrected chi connectivity index (χ0v) is 9.85. The molecule has 1 aliphatic heterocycles. The fourth-order valence-electron chi connectivity index (χ4n) is 1.99. The summed E-state index contributed by atoms with van der Waals surface area (Å²) in [6, 6.07) is 9.47. The van der Waals surface area contributed by atoms with Gasteiger partial charge in [-0.1, -0.05) is 25.1 Å². The van der Waals surface area contributed by atoms with E-state index in [-0.39, 0.29) is 17.9 Å². The summed E-state index contributed by atoms with van der Waals surface area (Å²) in [4.78, 5) is 24.8. The van der Waals surface area contributed by atoms with Crippen molar-refractivity contribution in [2.75, 3.05) is 11.4 Å². The molecular weight excluding hydrogens is 216 g/mol. The predicted molar refractivity (Wildman–Crippen MR) is 65.6 cm³/mol. The molecule has 4 nitrogen and oxygen atoms in total. The van der Waals surface area contributed by atoms with Gasteiger partial charge in [-0.05, 0) is 12.1 Å². The SMILES string of the molecule is CCC(=O)N[C@@H]1CC(=O)N(c2ccccc2)C1. The van der Waals surface area contributed by atoms with Crippen LogP contribution in [0.3, 0.4) is 0 Å². The zero-order chi connectivity index (χ0) is 12.3. The molecule has 0 aliphatic carbocycles. The molecule has 0 bridgehead atoms. The summed E-state index contributed by atoms with van der Waals surface area (Å²) >= 11 is 0. The number of para-hydroxylation sites is 1. The molecule has 4 heteroatoms. The highest BCUT2D eigenvalue weighted by molar-refractivity contribution is 5.96. The number of amides is 2. The Hall–Kier alpha value is -1.84. The van der Waals surface area contributed by atoms with Gasteiger partial charge in [-0.2, -0.15) is 0 Å². The molecule has 0 unspecified atom stereocenters. The molecule has 0 aromatic heterocycles. The molecule has 0 radical (unpaired) electrons. The van der Waals surface area contributed by atoms with Crippen molar-refractivity contribution < 1.29 is 9.59 Å². The van der Waals surface area contributed by atoms with Gasteiger partial charge in [0.05, 0.1) is 6.04 Å². The Morgan fingerprint density at radius 2 is 2.12 bits per heavy atom. The van der Waals surface area contributed by atoms with Crippen LogP contribution < -0.4 is 10.2 Å². The van der Waals surface area contributed by atoms with Crippen molar-refractivity contribution in [2.45, 2.75) is 25.8 Å². The maximum atomic E-state index is 11.8. The molecule has 17 heavy (non-hydrogen) atoms. The summed E-state index contributed by atoms with van der Waals surface area (Å²) in [7, 11) is 0. The minimum Gasteiger partial charge on any atom is -0.351 e. The van der Waals surface area contributed by atoms with E-state index in [9.17, 15) is 9.59 Å². The molecule has 1 N–H and O–H groups in total. The highest BCUT2D eigenvalue weighted by atomic mass is 16.2. The normalized spacial score (nSPS) is 19.5. The number of hydrogen-bond donors (Lipinski definition) is 1. The first-order valence-corrected chi connectivity index (χ1v) is 5.85. The van der Waals surface area contributed by atoms with E-state index < -0.39 is 0 Å². The first kappa shape index (κ1) is 11.6. The lowest BCUT2D eigenvalue weighted by atomic mass is 10.2. The summed E-state index contributed by atoms with van der Waals surface area (Å²) in [5.74, 6) is 0.0651. The van der Waals surface area contributed by atoms with E-state index in [1.165, 1.54) is 0 Å². The fourth-order valence-corrected chi connectivity index (χ4v) is 1.99. The summed E-state index contributed by atoms with van der Waals surface area (Å²) in [5.41, 5.74) is 0.894. The highest BCUT2D eigenvalue weighted by Crippen LogP contribution is 2.20. The summed E-state index contributed by atoms with van der Waals surface area (Å²) < 4.78 is 0. The molecule has 0 spiro atoms. The van der Waals surface area contributed by atoms with Gasteiger partial charge in [0.15, 0.2) is 0 Å². The Morgan fingerprint density at radius 1 is 1.41 bits per heavy atom. The van der Waals surface area contributed by atoms with Crippen LogP contribution in [-0.2, 0) is 9.59 Å². The Kier molecular flexibility index (Phi) is 3.42. The maximum absolute atomic E-state index is 11.8. The van der Waals surface area contributed by atoms with E-state index in [0.717, 1.165) is 5.69 Å². The van der Waals surface area contributed by atoms with Gasteiger partial charge in [-0.3, -0.25) is 9.59 Å². The number of carbonyl (C=O) groups is 2. The second-order valence-electron chi connectivity index (χ2n) is 4.16. The van der Waals surface area contributed by atoms with Crippen LogP contribution in [-0.4, -0.2) is 24.4 Å². The van der Waals surface area contributed by atoms with Crippen LogP contribution in [0.4, 0.5) is 5.69 Å². The third kappa shape index (κ3) is 2.64. The lowest BCUT2D eigenvalue weighted by Crippen LogP contribution is -2.36. The van der Waals surface area contributed by atoms with E-state index >= 15 is 0 Å². The van der Waals surface area contributed by atoms with Crippen molar-refractivity contribution in [1.29, 1.82) is 0 Å². The van der Waals surface area contributed by atoms with E-state index in [2.05, 4.69) is 5.32 Å². The molecule has 2 rings (SSSR count). The minimum absolute atomic E-state index is 0.00212. The van der Waals surface area contributed by atoms with Crippen LogP contribution in [0.25, 0.3) is 0 Å². The van der Waals surface area contributed by atoms with Gasteiger partial charge in [0.25, 0.3) is 0 Å². The lowest BCUT2D eigenvalue weighted by Gasteiger charge is -2.16. The van der Waals surface area contributed by atoms with Crippen molar-refractivity contribution in [1.82, 2.24) is 5.32 Å². The second kappa shape index (κ2) is 4.99. The lowest BCUT2D eigenvalue weighted by molar-refractivity contribution is -0.121. The van der Waals surface area contributed by atoms with Crippen LogP contribution in [0.15, 0.2) is 30.3 Å². The largest absolute Gasteiger partial charge is 0.351 e. The molecule has 1 aromatic rings. The fraction of sp³-hybridized carbons (Fsp3) is 0.385. The molecule has 2 amide bonds. The molecule has 0 saturated carbocycles. The average Bonchev–Trinajstić information content (AvgIpc) is 2.71. The van der Waals surface area contributed by atoms with Gasteiger partial charge in [-0.25, -0.2) is 0 Å². The van der Waals surface area contributed by atoms with Gasteiger partial charge >= 0.3 is 0 Å². The Morgan fingerprint density at radius 3 is 2.76 bits per heavy atom. The van der Waals surface area contributed by atoms with Crippen LogP contribution in [0.1, 0.15) is 19.8 Å². The maximum Gasteiger partial charge on any atom is 0.229 e. The van der Waals surface area contributed by atoms with Crippen LogP contribution in [0.5, 0.6) is 0 Å². The van der Waals surface area contributed by atoms with E-state index in [1.54, 1.807) is 11.8 Å². The van der Waals surface area contributed by atoms with Gasteiger partial charge < -0.3 is 10.2 Å². The van der Waals surface area contributed by atoms with Crippen molar-refractivity contribution >= 4 is 17.5 Å². The molecule has 1 aromatic carbocycles. The number of anilines is 1. The Bertz CT molecular complexity index is 417. The van der Waals surface area contributed by atoms with Gasteiger partial charge in [-0.15, -0.1) is 0 Å². The molecule has 1 fully saturated rings. The number of nitrogens with zero attached hydrogens (tertiary/aromatic N) is 1. The Balaban J connectivity index is 2.03. The van der Waals surface area contributed by atoms with Crippen LogP contribution >= 0.6 is 0 Å². The zero-order valence-electron chi connectivity index (χ0n) is 9.85. The first-order valence-electron chi connectivity index (χ1n) is 5.85. The van der Waals surface area contributed by atoms with E-state index in [1.807, 2.05) is 30.3 Å². The van der Waals surface area contributed by atoms with Crippen molar-refractivity contribution in [3.8, 4) is 0 Å². The number of hydrogen-bond acceptors (Lipinski definition) is 2. The van der Waals surface area contributed by atoms with Gasteiger partial charge in [0.1, 0.15) is 0 Å². The average molecular weight is 232 g/mol. The highest BCUT2D eigenvalue weighted by Gasteiger charge is 2.30. The standard InChI is InChI=1S/C13H16N2O2/c1-2-12(16)14-10-8-13(17)15(9-10)11-6-4-3-5-7-11/h3-7,10H,2,8-9H2,1H3,(H,14,16)/t10-/m1/s1. The van der Waals surface area contributed by atoms with Gasteiger partial charge in [0, 0.05) is 25.1 Å². The number of nitrogens with one attached hydrogen (secondary N) is 1. The Labute approximate surface area is 101 Å². The third-order valence-corrected chi connectivity index (χ3v) is 2.88. The number of carbonyl (C=O) groups excluding carboxylic acids is 2. The smallest absolute Gasteiger partial charge is 0.229 e. The monoisotopic (exact) mass is 232 g/mol. The van der Waals surface area contributed by atoms with Crippen molar-refractivity contribution in [3.05, 3.63) is 30.3 Å². The predicted octanol–water partition coefficient (Wildman–Crippen LogP) is 1.32. The first-order chi connectivity index (χ1) is 8.20. The van der Waals surface area contributed by atoms with E-state index in [0.29, 0.717) is 19.4 Å². The van der Waals surface area contributed by atoms with Crippen LogP contribution in [0, 0.1) is 0 Å². The van der Waals surface area contributed by atoms with E-state index in [4.69, 9.17) is 0 Å². The third-order valence-electron chi connectivity index (χ3n) is 2.88. The molecule has 90 valence electrons. The van der Waals surface area contributed by atoms with Crippen LogP contribution in [0.2, 0.25) is 0 Å². The topological polar surface area (TPSA) is 49.4 Å². The molecule has 1 saturated heterocycles. The number of benzene rings is 1. The van der Waals surface area contributed by atoms with Crippen molar-refractivity contribution in [3.63, 3.8) is 0 Å². The summed E-state index contributed by atoms with van der Waals surface area (Å²) in [5, 5.41) is 2.86. The molecule has 1 atom stereocenters.